The number of benzene rings is 2. The fraction of sp³-hybridized carbons (Fsp3) is 0.455. The van der Waals surface area contributed by atoms with Crippen LogP contribution in [0.15, 0.2) is 42.5 Å². The highest BCUT2D eigenvalue weighted by Crippen LogP contribution is 2.41. The van der Waals surface area contributed by atoms with Gasteiger partial charge in [-0.05, 0) is 29.8 Å². The third-order valence-electron chi connectivity index (χ3n) is 5.67. The van der Waals surface area contributed by atoms with E-state index in [9.17, 15) is 10.2 Å². The lowest BCUT2D eigenvalue weighted by atomic mass is 9.87. The van der Waals surface area contributed by atoms with E-state index in [4.69, 9.17) is 21.1 Å². The van der Waals surface area contributed by atoms with Crippen LogP contribution in [0.3, 0.4) is 0 Å². The molecule has 0 aliphatic carbocycles. The third-order valence-corrected chi connectivity index (χ3v) is 5.91. The van der Waals surface area contributed by atoms with Crippen LogP contribution in [0.5, 0.6) is 11.5 Å². The Balaban J connectivity index is 1.26. The molecular formula is C22H26ClNO4. The number of likely N-dealkylation sites (tertiary alicyclic amines) is 1. The Labute approximate surface area is 170 Å². The highest BCUT2D eigenvalue weighted by Gasteiger charge is 2.42. The zero-order chi connectivity index (χ0) is 19.6. The third kappa shape index (κ3) is 4.28. The van der Waals surface area contributed by atoms with Gasteiger partial charge < -0.3 is 24.6 Å². The first-order valence-corrected chi connectivity index (χ1v) is 10.1. The zero-order valence-corrected chi connectivity index (χ0v) is 16.6. The maximum Gasteiger partial charge on any atom is 0.124 e. The average Bonchev–Trinajstić information content (AvgIpc) is 3.05. The minimum absolute atomic E-state index is 0.0753. The molecule has 1 spiro atoms. The van der Waals surface area contributed by atoms with E-state index in [1.807, 2.05) is 42.5 Å². The number of halogens is 1. The molecule has 2 heterocycles. The molecule has 150 valence electrons. The van der Waals surface area contributed by atoms with Crippen molar-refractivity contribution in [2.24, 2.45) is 0 Å². The topological polar surface area (TPSA) is 62.2 Å². The molecular weight excluding hydrogens is 378 g/mol. The summed E-state index contributed by atoms with van der Waals surface area (Å²) in [6.07, 6.45) is 2.18. The average molecular weight is 404 g/mol. The maximum atomic E-state index is 10.4. The Bertz CT molecular complexity index is 820. The normalized spacial score (nSPS) is 19.2. The summed E-state index contributed by atoms with van der Waals surface area (Å²) >= 11 is 6.11. The van der Waals surface area contributed by atoms with Crippen molar-refractivity contribution in [1.82, 2.24) is 4.90 Å². The molecule has 0 radical (unpaired) electrons. The summed E-state index contributed by atoms with van der Waals surface area (Å²) in [5.41, 5.74) is 1.79. The number of nitrogens with zero attached hydrogens (tertiary/aromatic N) is 1. The van der Waals surface area contributed by atoms with E-state index >= 15 is 0 Å². The zero-order valence-electron chi connectivity index (χ0n) is 15.8. The van der Waals surface area contributed by atoms with Crippen LogP contribution in [0.4, 0.5) is 0 Å². The highest BCUT2D eigenvalue weighted by molar-refractivity contribution is 6.30. The minimum Gasteiger partial charge on any atom is -0.490 e. The minimum atomic E-state index is -0.582. The number of rotatable bonds is 6. The Kier molecular flexibility index (Phi) is 5.78. The van der Waals surface area contributed by atoms with Gasteiger partial charge in [0, 0.05) is 49.5 Å². The summed E-state index contributed by atoms with van der Waals surface area (Å²) in [7, 11) is 0. The Morgan fingerprint density at radius 3 is 2.75 bits per heavy atom. The van der Waals surface area contributed by atoms with Gasteiger partial charge in [0.25, 0.3) is 0 Å². The lowest BCUT2D eigenvalue weighted by molar-refractivity contribution is -0.00207. The van der Waals surface area contributed by atoms with Crippen LogP contribution < -0.4 is 9.47 Å². The second-order valence-electron chi connectivity index (χ2n) is 7.75. The molecule has 0 bridgehead atoms. The van der Waals surface area contributed by atoms with Crippen molar-refractivity contribution in [3.63, 3.8) is 0 Å². The van der Waals surface area contributed by atoms with E-state index in [-0.39, 0.29) is 18.8 Å². The monoisotopic (exact) mass is 403 g/mol. The van der Waals surface area contributed by atoms with Crippen molar-refractivity contribution in [2.75, 3.05) is 26.2 Å². The molecule has 0 amide bonds. The number of fused-ring (bicyclic) bond motifs is 1. The van der Waals surface area contributed by atoms with Crippen LogP contribution in [0, 0.1) is 0 Å². The second kappa shape index (κ2) is 8.29. The number of para-hydroxylation sites is 1. The van der Waals surface area contributed by atoms with Crippen LogP contribution in [-0.2, 0) is 13.0 Å². The van der Waals surface area contributed by atoms with Crippen LogP contribution in [0.25, 0.3) is 0 Å². The smallest absolute Gasteiger partial charge is 0.124 e. The number of hydrogen-bond acceptors (Lipinski definition) is 5. The van der Waals surface area contributed by atoms with Crippen LogP contribution >= 0.6 is 11.6 Å². The van der Waals surface area contributed by atoms with Gasteiger partial charge in [-0.1, -0.05) is 29.8 Å². The SMILES string of the molecule is OCc1ccccc1OC[C@@H](O)CN1CCC2(CC1)Cc1cc(Cl)ccc1O2. The van der Waals surface area contributed by atoms with Crippen LogP contribution in [-0.4, -0.2) is 53.1 Å². The summed E-state index contributed by atoms with van der Waals surface area (Å²) in [6, 6.07) is 13.2. The Morgan fingerprint density at radius 2 is 1.96 bits per heavy atom. The van der Waals surface area contributed by atoms with Crippen molar-refractivity contribution >= 4 is 11.6 Å². The van der Waals surface area contributed by atoms with Gasteiger partial charge in [0.05, 0.1) is 6.61 Å². The van der Waals surface area contributed by atoms with E-state index in [0.717, 1.165) is 48.7 Å². The first-order chi connectivity index (χ1) is 13.6. The number of ether oxygens (including phenoxy) is 2. The molecule has 0 saturated carbocycles. The van der Waals surface area contributed by atoms with Gasteiger partial charge in [-0.3, -0.25) is 0 Å². The van der Waals surface area contributed by atoms with E-state index in [0.29, 0.717) is 12.3 Å². The van der Waals surface area contributed by atoms with Crippen molar-refractivity contribution in [3.8, 4) is 11.5 Å². The van der Waals surface area contributed by atoms with Gasteiger partial charge in [0.2, 0.25) is 0 Å². The number of β-amino-alcohol motifs (C(OH)–C–C–N with tert-alkyl or cyclic N) is 1. The van der Waals surface area contributed by atoms with Gasteiger partial charge in [0.15, 0.2) is 0 Å². The molecule has 2 aromatic carbocycles. The largest absolute Gasteiger partial charge is 0.490 e. The van der Waals surface area contributed by atoms with Crippen LogP contribution in [0.2, 0.25) is 5.02 Å². The van der Waals surface area contributed by atoms with E-state index < -0.39 is 6.10 Å². The highest BCUT2D eigenvalue weighted by atomic mass is 35.5. The quantitative estimate of drug-likeness (QED) is 0.776. The first kappa shape index (κ1) is 19.5. The molecule has 2 N–H and O–H groups in total. The maximum absolute atomic E-state index is 10.4. The van der Waals surface area contributed by atoms with E-state index in [1.165, 1.54) is 5.56 Å². The lowest BCUT2D eigenvalue weighted by Crippen LogP contribution is -2.49. The summed E-state index contributed by atoms with van der Waals surface area (Å²) in [5, 5.41) is 20.5. The molecule has 5 nitrogen and oxygen atoms in total. The summed E-state index contributed by atoms with van der Waals surface area (Å²) in [6.45, 7) is 2.46. The number of piperidine rings is 1. The lowest BCUT2D eigenvalue weighted by Gasteiger charge is -2.39. The predicted octanol–water partition coefficient (Wildman–Crippen LogP) is 3.04. The summed E-state index contributed by atoms with van der Waals surface area (Å²) in [4.78, 5) is 2.26. The summed E-state index contributed by atoms with van der Waals surface area (Å²) in [5.74, 6) is 1.58. The van der Waals surface area contributed by atoms with Crippen LogP contribution in [0.1, 0.15) is 24.0 Å². The van der Waals surface area contributed by atoms with Gasteiger partial charge >= 0.3 is 0 Å². The van der Waals surface area contributed by atoms with Crippen molar-refractivity contribution in [1.29, 1.82) is 0 Å². The van der Waals surface area contributed by atoms with Crippen molar-refractivity contribution in [2.45, 2.75) is 37.6 Å². The van der Waals surface area contributed by atoms with Gasteiger partial charge in [-0.15, -0.1) is 0 Å². The number of hydrogen-bond donors (Lipinski definition) is 2. The number of aliphatic hydroxyl groups is 2. The standard InChI is InChI=1S/C22H26ClNO4/c23-18-5-6-21-17(11-18)12-22(28-21)7-9-24(10-8-22)13-19(26)15-27-20-4-2-1-3-16(20)14-25/h1-6,11,19,25-26H,7-10,12-15H2/t19-/m0/s1. The summed E-state index contributed by atoms with van der Waals surface area (Å²) < 4.78 is 12.0. The predicted molar refractivity (Wildman–Crippen MR) is 108 cm³/mol. The molecule has 2 aromatic rings. The molecule has 6 heteroatoms. The van der Waals surface area contributed by atoms with Gasteiger partial charge in [-0.25, -0.2) is 0 Å². The van der Waals surface area contributed by atoms with Gasteiger partial charge in [0.1, 0.15) is 29.8 Å². The van der Waals surface area contributed by atoms with E-state index in [2.05, 4.69) is 4.90 Å². The molecule has 1 atom stereocenters. The molecule has 4 rings (SSSR count). The molecule has 28 heavy (non-hydrogen) atoms. The number of aliphatic hydroxyl groups excluding tert-OH is 2. The Hall–Kier alpha value is -1.79. The molecule has 0 aromatic heterocycles. The molecule has 1 saturated heterocycles. The molecule has 2 aliphatic rings. The Morgan fingerprint density at radius 1 is 1.18 bits per heavy atom. The van der Waals surface area contributed by atoms with Crippen molar-refractivity contribution in [3.05, 3.63) is 58.6 Å². The van der Waals surface area contributed by atoms with E-state index in [1.54, 1.807) is 0 Å². The first-order valence-electron chi connectivity index (χ1n) is 9.76. The van der Waals surface area contributed by atoms with Gasteiger partial charge in [-0.2, -0.15) is 0 Å². The molecule has 1 fully saturated rings. The fourth-order valence-corrected chi connectivity index (χ4v) is 4.33. The van der Waals surface area contributed by atoms with Crippen molar-refractivity contribution < 1.29 is 19.7 Å². The molecule has 0 unspecified atom stereocenters. The second-order valence-corrected chi connectivity index (χ2v) is 8.18. The molecule has 2 aliphatic heterocycles. The fourth-order valence-electron chi connectivity index (χ4n) is 4.14.